The van der Waals surface area contributed by atoms with E-state index in [1.165, 1.54) is 4.31 Å². The third kappa shape index (κ3) is 4.34. The summed E-state index contributed by atoms with van der Waals surface area (Å²) in [4.78, 5) is 12.9. The minimum atomic E-state index is -3.58. The predicted octanol–water partition coefficient (Wildman–Crippen LogP) is 3.80. The van der Waals surface area contributed by atoms with Crippen molar-refractivity contribution in [1.82, 2.24) is 4.31 Å². The van der Waals surface area contributed by atoms with Gasteiger partial charge >= 0.3 is 0 Å². The van der Waals surface area contributed by atoms with E-state index in [1.54, 1.807) is 24.3 Å². The molecule has 0 saturated carbocycles. The van der Waals surface area contributed by atoms with Crippen LogP contribution in [-0.4, -0.2) is 31.7 Å². The molecular weight excluding hydrogens is 416 g/mol. The number of sulfonamides is 1. The number of hydrogen-bond acceptors (Lipinski definition) is 3. The third-order valence-electron chi connectivity index (χ3n) is 4.51. The van der Waals surface area contributed by atoms with Crippen LogP contribution in [0.15, 0.2) is 57.9 Å². The number of nitrogens with one attached hydrogen (secondary N) is 1. The molecule has 0 aromatic heterocycles. The maximum absolute atomic E-state index is 12.9. The van der Waals surface area contributed by atoms with Crippen molar-refractivity contribution in [3.05, 3.63) is 58.6 Å². The van der Waals surface area contributed by atoms with Crippen LogP contribution in [0.4, 0.5) is 5.69 Å². The van der Waals surface area contributed by atoms with Gasteiger partial charge in [-0.1, -0.05) is 39.7 Å². The zero-order valence-corrected chi connectivity index (χ0v) is 16.9. The lowest BCUT2D eigenvalue weighted by Crippen LogP contribution is -2.43. The monoisotopic (exact) mass is 436 g/mol. The number of benzene rings is 2. The van der Waals surface area contributed by atoms with Crippen LogP contribution in [0, 0.1) is 12.8 Å². The Balaban J connectivity index is 1.72. The number of piperidine rings is 1. The maximum Gasteiger partial charge on any atom is 0.243 e. The summed E-state index contributed by atoms with van der Waals surface area (Å²) < 4.78 is 28.0. The first-order chi connectivity index (χ1) is 12.4. The molecule has 1 N–H and O–H groups in total. The smallest absolute Gasteiger partial charge is 0.243 e. The van der Waals surface area contributed by atoms with E-state index in [9.17, 15) is 13.2 Å². The average molecular weight is 437 g/mol. The Morgan fingerprint density at radius 3 is 2.62 bits per heavy atom. The number of nitrogens with zero attached hydrogens (tertiary/aromatic N) is 1. The molecule has 0 unspecified atom stereocenters. The Morgan fingerprint density at radius 1 is 1.19 bits per heavy atom. The summed E-state index contributed by atoms with van der Waals surface area (Å²) in [7, 11) is -3.58. The van der Waals surface area contributed by atoms with Gasteiger partial charge in [-0.25, -0.2) is 8.42 Å². The van der Waals surface area contributed by atoms with Crippen LogP contribution in [0.3, 0.4) is 0 Å². The number of carbonyl (C=O) groups is 1. The number of aryl methyl sites for hydroxylation is 1. The van der Waals surface area contributed by atoms with Gasteiger partial charge in [-0.2, -0.15) is 4.31 Å². The van der Waals surface area contributed by atoms with Crippen LogP contribution in [-0.2, 0) is 14.8 Å². The summed E-state index contributed by atoms with van der Waals surface area (Å²) in [5.74, 6) is -0.505. The second kappa shape index (κ2) is 7.90. The summed E-state index contributed by atoms with van der Waals surface area (Å²) in [6.07, 6.45) is 1.35. The highest BCUT2D eigenvalue weighted by atomic mass is 79.9. The van der Waals surface area contributed by atoms with Gasteiger partial charge < -0.3 is 5.32 Å². The van der Waals surface area contributed by atoms with E-state index < -0.39 is 10.0 Å². The first-order valence-electron chi connectivity index (χ1n) is 8.49. The Kier molecular flexibility index (Phi) is 5.79. The second-order valence-corrected chi connectivity index (χ2v) is 9.37. The Morgan fingerprint density at radius 2 is 1.92 bits per heavy atom. The molecule has 138 valence electrons. The van der Waals surface area contributed by atoms with Crippen molar-refractivity contribution in [2.75, 3.05) is 18.4 Å². The summed E-state index contributed by atoms with van der Waals surface area (Å²) in [5, 5.41) is 2.88. The molecule has 1 fully saturated rings. The van der Waals surface area contributed by atoms with Crippen LogP contribution in [0.1, 0.15) is 18.4 Å². The maximum atomic E-state index is 12.9. The molecule has 0 radical (unpaired) electrons. The number of amides is 1. The highest BCUT2D eigenvalue weighted by Gasteiger charge is 2.33. The van der Waals surface area contributed by atoms with Gasteiger partial charge in [0, 0.05) is 23.2 Å². The lowest BCUT2D eigenvalue weighted by atomic mass is 9.99. The van der Waals surface area contributed by atoms with Gasteiger partial charge in [0.1, 0.15) is 0 Å². The van der Waals surface area contributed by atoms with E-state index in [-0.39, 0.29) is 23.3 Å². The van der Waals surface area contributed by atoms with Gasteiger partial charge in [0.25, 0.3) is 0 Å². The fraction of sp³-hybridized carbons (Fsp3) is 0.316. The van der Waals surface area contributed by atoms with E-state index in [4.69, 9.17) is 0 Å². The minimum Gasteiger partial charge on any atom is -0.326 e. The van der Waals surface area contributed by atoms with Crippen LogP contribution < -0.4 is 5.32 Å². The van der Waals surface area contributed by atoms with Gasteiger partial charge in [0.2, 0.25) is 15.9 Å². The van der Waals surface area contributed by atoms with E-state index in [0.29, 0.717) is 25.1 Å². The van der Waals surface area contributed by atoms with Crippen molar-refractivity contribution < 1.29 is 13.2 Å². The Hall–Kier alpha value is -1.70. The summed E-state index contributed by atoms with van der Waals surface area (Å²) in [6, 6.07) is 14.2. The molecule has 1 atom stereocenters. The van der Waals surface area contributed by atoms with E-state index in [2.05, 4.69) is 21.2 Å². The average Bonchev–Trinajstić information content (AvgIpc) is 2.62. The molecule has 7 heteroatoms. The zero-order chi connectivity index (χ0) is 18.7. The van der Waals surface area contributed by atoms with Gasteiger partial charge in [-0.05, 0) is 50.1 Å². The van der Waals surface area contributed by atoms with E-state index in [1.807, 2.05) is 31.2 Å². The van der Waals surface area contributed by atoms with Gasteiger partial charge in [-0.3, -0.25) is 4.79 Å². The fourth-order valence-electron chi connectivity index (χ4n) is 3.04. The highest BCUT2D eigenvalue weighted by Crippen LogP contribution is 2.25. The van der Waals surface area contributed by atoms with Crippen molar-refractivity contribution in [1.29, 1.82) is 0 Å². The molecule has 0 aliphatic carbocycles. The van der Waals surface area contributed by atoms with Crippen molar-refractivity contribution >= 4 is 37.5 Å². The molecule has 5 nitrogen and oxygen atoms in total. The molecule has 1 heterocycles. The molecule has 1 saturated heterocycles. The molecule has 2 aromatic carbocycles. The largest absolute Gasteiger partial charge is 0.326 e. The SMILES string of the molecule is Cc1ccc(S(=O)(=O)N2CCC[C@@H](C(=O)Nc3cccc(Br)c3)C2)cc1. The normalized spacial score (nSPS) is 18.5. The molecule has 1 aliphatic heterocycles. The molecular formula is C19H21BrN2O3S. The Labute approximate surface area is 162 Å². The number of halogens is 1. The van der Waals surface area contributed by atoms with Gasteiger partial charge in [0.05, 0.1) is 10.8 Å². The van der Waals surface area contributed by atoms with Crippen molar-refractivity contribution in [3.63, 3.8) is 0 Å². The number of anilines is 1. The van der Waals surface area contributed by atoms with Crippen molar-refractivity contribution in [2.24, 2.45) is 5.92 Å². The van der Waals surface area contributed by atoms with Gasteiger partial charge in [0.15, 0.2) is 0 Å². The molecule has 0 bridgehead atoms. The van der Waals surface area contributed by atoms with Crippen LogP contribution in [0.5, 0.6) is 0 Å². The molecule has 1 amide bonds. The summed E-state index contributed by atoms with van der Waals surface area (Å²) in [5.41, 5.74) is 1.71. The standard InChI is InChI=1S/C19H21BrN2O3S/c1-14-7-9-18(10-8-14)26(24,25)22-11-3-4-15(13-22)19(23)21-17-6-2-5-16(20)12-17/h2,5-10,12,15H,3-4,11,13H2,1H3,(H,21,23)/t15-/m1/s1. The first kappa shape index (κ1) is 19.1. The predicted molar refractivity (Wildman–Crippen MR) is 105 cm³/mol. The van der Waals surface area contributed by atoms with Crippen LogP contribution in [0.25, 0.3) is 0 Å². The number of hydrogen-bond donors (Lipinski definition) is 1. The molecule has 2 aromatic rings. The highest BCUT2D eigenvalue weighted by molar-refractivity contribution is 9.10. The topological polar surface area (TPSA) is 66.5 Å². The molecule has 0 spiro atoms. The van der Waals surface area contributed by atoms with Crippen LogP contribution >= 0.6 is 15.9 Å². The second-order valence-electron chi connectivity index (χ2n) is 6.51. The zero-order valence-electron chi connectivity index (χ0n) is 14.5. The minimum absolute atomic E-state index is 0.146. The van der Waals surface area contributed by atoms with Crippen molar-refractivity contribution in [3.8, 4) is 0 Å². The quantitative estimate of drug-likeness (QED) is 0.792. The Bertz CT molecular complexity index is 897. The molecule has 3 rings (SSSR count). The molecule has 26 heavy (non-hydrogen) atoms. The number of carbonyl (C=O) groups excluding carboxylic acids is 1. The third-order valence-corrected chi connectivity index (χ3v) is 6.88. The van der Waals surface area contributed by atoms with Crippen molar-refractivity contribution in [2.45, 2.75) is 24.7 Å². The molecule has 1 aliphatic rings. The summed E-state index contributed by atoms with van der Waals surface area (Å²) >= 11 is 3.38. The first-order valence-corrected chi connectivity index (χ1v) is 10.7. The summed E-state index contributed by atoms with van der Waals surface area (Å²) in [6.45, 7) is 2.56. The lowest BCUT2D eigenvalue weighted by molar-refractivity contribution is -0.120. The lowest BCUT2D eigenvalue weighted by Gasteiger charge is -2.31. The van der Waals surface area contributed by atoms with Crippen LogP contribution in [0.2, 0.25) is 0 Å². The van der Waals surface area contributed by atoms with E-state index in [0.717, 1.165) is 10.0 Å². The van der Waals surface area contributed by atoms with Gasteiger partial charge in [-0.15, -0.1) is 0 Å². The van der Waals surface area contributed by atoms with E-state index >= 15 is 0 Å². The number of rotatable bonds is 4. The fourth-order valence-corrected chi connectivity index (χ4v) is 4.97.